The van der Waals surface area contributed by atoms with Gasteiger partial charge in [-0.3, -0.25) is 9.59 Å². The summed E-state index contributed by atoms with van der Waals surface area (Å²) in [4.78, 5) is 28.1. The van der Waals surface area contributed by atoms with Crippen LogP contribution in [-0.4, -0.2) is 55.0 Å². The number of nitrogens with two attached hydrogens (primary N) is 1. The molecule has 2 aliphatic rings. The van der Waals surface area contributed by atoms with Crippen LogP contribution < -0.4 is 16.4 Å². The molecule has 1 heterocycles. The van der Waals surface area contributed by atoms with Gasteiger partial charge >= 0.3 is 0 Å². The standard InChI is InChI=1S/C26H35ClN4O2/c1-2-17(18-3-4-18)16-31-12-10-23(30-24(9-11-28)26(31)33)15-29-25(32)21-6-5-20-14-22(27)8-7-19(20)13-21/h5-8,13-14,17-18,23-24,30H,2-4,9-12,15-16,28H2,1H3,(H,29,32). The van der Waals surface area contributed by atoms with Crippen LogP contribution in [0.15, 0.2) is 36.4 Å². The van der Waals surface area contributed by atoms with E-state index in [1.807, 2.05) is 41.3 Å². The summed E-state index contributed by atoms with van der Waals surface area (Å²) in [5, 5.41) is 9.19. The van der Waals surface area contributed by atoms with Gasteiger partial charge in [0.15, 0.2) is 0 Å². The first-order valence-electron chi connectivity index (χ1n) is 12.2. The third-order valence-electron chi connectivity index (χ3n) is 7.09. The zero-order valence-corrected chi connectivity index (χ0v) is 20.1. The van der Waals surface area contributed by atoms with Crippen LogP contribution in [0.1, 0.15) is 49.4 Å². The van der Waals surface area contributed by atoms with E-state index >= 15 is 0 Å². The van der Waals surface area contributed by atoms with Crippen LogP contribution in [0.25, 0.3) is 10.8 Å². The summed E-state index contributed by atoms with van der Waals surface area (Å²) < 4.78 is 0. The fraction of sp³-hybridized carbons (Fsp3) is 0.538. The molecule has 3 unspecified atom stereocenters. The van der Waals surface area contributed by atoms with Crippen molar-refractivity contribution in [3.63, 3.8) is 0 Å². The van der Waals surface area contributed by atoms with E-state index in [1.54, 1.807) is 0 Å². The second-order valence-corrected chi connectivity index (χ2v) is 9.92. The molecule has 1 aliphatic carbocycles. The smallest absolute Gasteiger partial charge is 0.251 e. The maximum atomic E-state index is 13.2. The summed E-state index contributed by atoms with van der Waals surface area (Å²) in [6.07, 6.45) is 5.11. The maximum Gasteiger partial charge on any atom is 0.251 e. The Morgan fingerprint density at radius 2 is 1.97 bits per heavy atom. The number of rotatable bonds is 9. The SMILES string of the molecule is CCC(CN1CCC(CNC(=O)c2ccc3cc(Cl)ccc3c2)NC(CCN)C1=O)C1CC1. The van der Waals surface area contributed by atoms with Gasteiger partial charge in [0.1, 0.15) is 0 Å². The number of halogens is 1. The fourth-order valence-corrected chi connectivity index (χ4v) is 5.12. The Morgan fingerprint density at radius 3 is 2.70 bits per heavy atom. The number of carbonyl (C=O) groups is 2. The quantitative estimate of drug-likeness (QED) is 0.522. The van der Waals surface area contributed by atoms with Gasteiger partial charge in [0.2, 0.25) is 5.91 Å². The molecule has 2 aromatic rings. The van der Waals surface area contributed by atoms with E-state index < -0.39 is 0 Å². The average Bonchev–Trinajstić information content (AvgIpc) is 3.66. The second kappa shape index (κ2) is 10.9. The molecule has 2 aromatic carbocycles. The van der Waals surface area contributed by atoms with Crippen molar-refractivity contribution in [2.24, 2.45) is 17.6 Å². The Morgan fingerprint density at radius 1 is 1.21 bits per heavy atom. The number of nitrogens with zero attached hydrogens (tertiary/aromatic N) is 1. The van der Waals surface area contributed by atoms with Crippen molar-refractivity contribution in [1.82, 2.24) is 15.5 Å². The summed E-state index contributed by atoms with van der Waals surface area (Å²) in [6, 6.07) is 11.0. The van der Waals surface area contributed by atoms with Gasteiger partial charge in [-0.15, -0.1) is 0 Å². The lowest BCUT2D eigenvalue weighted by atomic mass is 9.99. The van der Waals surface area contributed by atoms with Crippen molar-refractivity contribution in [1.29, 1.82) is 0 Å². The third-order valence-corrected chi connectivity index (χ3v) is 7.33. The van der Waals surface area contributed by atoms with Crippen molar-refractivity contribution >= 4 is 34.2 Å². The maximum absolute atomic E-state index is 13.2. The third kappa shape index (κ3) is 6.05. The number of carbonyl (C=O) groups excluding carboxylic acids is 2. The molecule has 4 rings (SSSR count). The van der Waals surface area contributed by atoms with E-state index in [-0.39, 0.29) is 23.9 Å². The van der Waals surface area contributed by atoms with Gasteiger partial charge in [-0.25, -0.2) is 0 Å². The van der Waals surface area contributed by atoms with E-state index in [4.69, 9.17) is 17.3 Å². The molecular weight excluding hydrogens is 436 g/mol. The first kappa shape index (κ1) is 24.0. The fourth-order valence-electron chi connectivity index (χ4n) is 4.94. The summed E-state index contributed by atoms with van der Waals surface area (Å²) >= 11 is 6.06. The molecule has 7 heteroatoms. The predicted molar refractivity (Wildman–Crippen MR) is 133 cm³/mol. The number of benzene rings is 2. The number of amides is 2. The van der Waals surface area contributed by atoms with E-state index in [2.05, 4.69) is 17.6 Å². The molecule has 0 radical (unpaired) electrons. The highest BCUT2D eigenvalue weighted by molar-refractivity contribution is 6.31. The molecule has 33 heavy (non-hydrogen) atoms. The molecule has 178 valence electrons. The van der Waals surface area contributed by atoms with Crippen LogP contribution in [0, 0.1) is 11.8 Å². The van der Waals surface area contributed by atoms with Crippen LogP contribution >= 0.6 is 11.6 Å². The Bertz CT molecular complexity index is 993. The van der Waals surface area contributed by atoms with E-state index in [1.165, 1.54) is 12.8 Å². The minimum Gasteiger partial charge on any atom is -0.350 e. The van der Waals surface area contributed by atoms with Crippen LogP contribution in [0.2, 0.25) is 5.02 Å². The lowest BCUT2D eigenvalue weighted by molar-refractivity contribution is -0.133. The van der Waals surface area contributed by atoms with Crippen LogP contribution in [0.5, 0.6) is 0 Å². The minimum atomic E-state index is -0.290. The summed E-state index contributed by atoms with van der Waals surface area (Å²) in [5.74, 6) is 1.41. The zero-order chi connectivity index (χ0) is 23.4. The van der Waals surface area contributed by atoms with Crippen molar-refractivity contribution in [3.05, 3.63) is 47.0 Å². The molecule has 0 bridgehead atoms. The first-order valence-corrected chi connectivity index (χ1v) is 12.6. The van der Waals surface area contributed by atoms with Crippen LogP contribution in [0.4, 0.5) is 0 Å². The molecule has 6 nitrogen and oxygen atoms in total. The Labute approximate surface area is 201 Å². The average molecular weight is 471 g/mol. The van der Waals surface area contributed by atoms with Gasteiger partial charge in [-0.2, -0.15) is 0 Å². The molecule has 1 aliphatic heterocycles. The van der Waals surface area contributed by atoms with Gasteiger partial charge in [0.05, 0.1) is 6.04 Å². The molecule has 0 spiro atoms. The number of hydrogen-bond acceptors (Lipinski definition) is 4. The molecule has 0 aromatic heterocycles. The summed E-state index contributed by atoms with van der Waals surface area (Å²) in [6.45, 7) is 4.70. The lowest BCUT2D eigenvalue weighted by Crippen LogP contribution is -2.50. The van der Waals surface area contributed by atoms with Gasteiger partial charge in [0.25, 0.3) is 5.91 Å². The number of hydrogen-bond donors (Lipinski definition) is 3. The summed E-state index contributed by atoms with van der Waals surface area (Å²) in [5.41, 5.74) is 6.43. The molecule has 2 fully saturated rings. The highest BCUT2D eigenvalue weighted by Crippen LogP contribution is 2.39. The Kier molecular flexibility index (Phi) is 7.89. The first-order chi connectivity index (χ1) is 16.0. The largest absolute Gasteiger partial charge is 0.350 e. The highest BCUT2D eigenvalue weighted by Gasteiger charge is 2.35. The van der Waals surface area contributed by atoms with Crippen molar-refractivity contribution in [2.75, 3.05) is 26.2 Å². The van der Waals surface area contributed by atoms with Crippen molar-refractivity contribution in [3.8, 4) is 0 Å². The molecule has 2 amide bonds. The van der Waals surface area contributed by atoms with Gasteiger partial charge in [-0.1, -0.05) is 37.1 Å². The number of nitrogens with one attached hydrogen (secondary N) is 2. The highest BCUT2D eigenvalue weighted by atomic mass is 35.5. The van der Waals surface area contributed by atoms with Crippen molar-refractivity contribution in [2.45, 2.75) is 51.1 Å². The molecule has 3 atom stereocenters. The monoisotopic (exact) mass is 470 g/mol. The Balaban J connectivity index is 1.38. The van der Waals surface area contributed by atoms with Crippen molar-refractivity contribution < 1.29 is 9.59 Å². The molecular formula is C26H35ClN4O2. The normalized spacial score (nSPS) is 22.3. The van der Waals surface area contributed by atoms with Crippen LogP contribution in [0.3, 0.4) is 0 Å². The topological polar surface area (TPSA) is 87.5 Å². The molecule has 4 N–H and O–H groups in total. The predicted octanol–water partition coefficient (Wildman–Crippen LogP) is 3.57. The molecule has 1 saturated heterocycles. The van der Waals surface area contributed by atoms with E-state index in [9.17, 15) is 9.59 Å². The van der Waals surface area contributed by atoms with Gasteiger partial charge < -0.3 is 21.3 Å². The summed E-state index contributed by atoms with van der Waals surface area (Å²) in [7, 11) is 0. The second-order valence-electron chi connectivity index (χ2n) is 9.49. The Hall–Kier alpha value is -2.15. The number of fused-ring (bicyclic) bond motifs is 1. The van der Waals surface area contributed by atoms with Crippen LogP contribution in [-0.2, 0) is 4.79 Å². The van der Waals surface area contributed by atoms with Gasteiger partial charge in [0, 0.05) is 36.3 Å². The molecule has 1 saturated carbocycles. The van der Waals surface area contributed by atoms with Gasteiger partial charge in [-0.05, 0) is 79.1 Å². The lowest BCUT2D eigenvalue weighted by Gasteiger charge is -2.28. The zero-order valence-electron chi connectivity index (χ0n) is 19.4. The minimum absolute atomic E-state index is 0.0275. The van der Waals surface area contributed by atoms with E-state index in [0.29, 0.717) is 42.6 Å². The van der Waals surface area contributed by atoms with E-state index in [0.717, 1.165) is 36.1 Å².